The SMILES string of the molecule is CCCCCCC=CCC=CCCCCCCCCCCCCCC(=O)O. The quantitative estimate of drug-likeness (QED) is 0.160. The summed E-state index contributed by atoms with van der Waals surface area (Å²) in [4.78, 5) is 10.4. The molecule has 0 rings (SSSR count). The van der Waals surface area contributed by atoms with Gasteiger partial charge in [0.25, 0.3) is 0 Å². The second-order valence-corrected chi connectivity index (χ2v) is 7.85. The molecular weight excluding hydrogens is 332 g/mol. The summed E-state index contributed by atoms with van der Waals surface area (Å²) in [5.74, 6) is -0.657. The van der Waals surface area contributed by atoms with Crippen LogP contribution in [0.5, 0.6) is 0 Å². The van der Waals surface area contributed by atoms with E-state index in [1.165, 1.54) is 96.3 Å². The van der Waals surface area contributed by atoms with Gasteiger partial charge in [0, 0.05) is 6.42 Å². The van der Waals surface area contributed by atoms with Crippen LogP contribution in [0, 0.1) is 0 Å². The molecule has 0 aliphatic heterocycles. The lowest BCUT2D eigenvalue weighted by molar-refractivity contribution is -0.137. The van der Waals surface area contributed by atoms with E-state index in [0.717, 1.165) is 19.3 Å². The van der Waals surface area contributed by atoms with Gasteiger partial charge in [0.15, 0.2) is 0 Å². The van der Waals surface area contributed by atoms with Crippen molar-refractivity contribution in [2.75, 3.05) is 0 Å². The molecule has 0 bridgehead atoms. The zero-order valence-electron chi connectivity index (χ0n) is 18.1. The fourth-order valence-corrected chi connectivity index (χ4v) is 3.33. The molecule has 0 fully saturated rings. The highest BCUT2D eigenvalue weighted by molar-refractivity contribution is 5.66. The van der Waals surface area contributed by atoms with Crippen molar-refractivity contribution in [3.05, 3.63) is 24.3 Å². The van der Waals surface area contributed by atoms with Gasteiger partial charge in [-0.05, 0) is 38.5 Å². The normalized spacial score (nSPS) is 11.7. The van der Waals surface area contributed by atoms with E-state index in [-0.39, 0.29) is 0 Å². The largest absolute Gasteiger partial charge is 0.481 e. The summed E-state index contributed by atoms with van der Waals surface area (Å²) >= 11 is 0. The van der Waals surface area contributed by atoms with Crippen LogP contribution in [0.1, 0.15) is 129 Å². The Morgan fingerprint density at radius 3 is 1.44 bits per heavy atom. The Kier molecular flexibility index (Phi) is 22.1. The van der Waals surface area contributed by atoms with Gasteiger partial charge < -0.3 is 5.11 Å². The molecule has 1 N–H and O–H groups in total. The van der Waals surface area contributed by atoms with Gasteiger partial charge in [-0.3, -0.25) is 4.79 Å². The average Bonchev–Trinajstić information content (AvgIpc) is 2.65. The Bertz CT molecular complexity index is 357. The number of aliphatic carboxylic acids is 1. The molecule has 0 spiro atoms. The maximum absolute atomic E-state index is 10.4. The van der Waals surface area contributed by atoms with Crippen molar-refractivity contribution in [3.63, 3.8) is 0 Å². The van der Waals surface area contributed by atoms with Crippen LogP contribution in [0.2, 0.25) is 0 Å². The average molecular weight is 379 g/mol. The standard InChI is InChI=1S/C25H46O2/c1-2-3-4-5-6-7-8-9-10-11-12-13-14-15-16-17-18-19-20-21-22-23-24-25(26)27/h7-8,10-11H,2-6,9,12-24H2,1H3,(H,26,27). The van der Waals surface area contributed by atoms with Gasteiger partial charge in [0.05, 0.1) is 0 Å². The summed E-state index contributed by atoms with van der Waals surface area (Å²) in [6, 6.07) is 0. The first kappa shape index (κ1) is 26.0. The van der Waals surface area contributed by atoms with E-state index >= 15 is 0 Å². The minimum Gasteiger partial charge on any atom is -0.481 e. The van der Waals surface area contributed by atoms with Gasteiger partial charge >= 0.3 is 5.97 Å². The fraction of sp³-hybridized carbons (Fsp3) is 0.800. The van der Waals surface area contributed by atoms with E-state index in [0.29, 0.717) is 6.42 Å². The summed E-state index contributed by atoms with van der Waals surface area (Å²) in [5, 5.41) is 8.57. The molecule has 0 saturated carbocycles. The third-order valence-electron chi connectivity index (χ3n) is 5.09. The molecule has 0 atom stereocenters. The topological polar surface area (TPSA) is 37.3 Å². The Hall–Kier alpha value is -1.05. The second kappa shape index (κ2) is 23.0. The minimum atomic E-state index is -0.657. The molecule has 2 heteroatoms. The number of hydrogen-bond acceptors (Lipinski definition) is 1. The maximum Gasteiger partial charge on any atom is 0.303 e. The van der Waals surface area contributed by atoms with Crippen LogP contribution in [0.3, 0.4) is 0 Å². The molecule has 158 valence electrons. The second-order valence-electron chi connectivity index (χ2n) is 7.85. The predicted octanol–water partition coefficient (Wildman–Crippen LogP) is 8.62. The van der Waals surface area contributed by atoms with Crippen molar-refractivity contribution in [3.8, 4) is 0 Å². The third-order valence-corrected chi connectivity index (χ3v) is 5.09. The molecule has 2 nitrogen and oxygen atoms in total. The van der Waals surface area contributed by atoms with Crippen molar-refractivity contribution < 1.29 is 9.90 Å². The van der Waals surface area contributed by atoms with Crippen LogP contribution in [0.25, 0.3) is 0 Å². The third kappa shape index (κ3) is 24.9. The first-order valence-electron chi connectivity index (χ1n) is 11.8. The van der Waals surface area contributed by atoms with E-state index in [4.69, 9.17) is 5.11 Å². The van der Waals surface area contributed by atoms with E-state index in [1.807, 2.05) is 0 Å². The molecule has 0 radical (unpaired) electrons. The van der Waals surface area contributed by atoms with Gasteiger partial charge in [0.2, 0.25) is 0 Å². The van der Waals surface area contributed by atoms with Gasteiger partial charge in [-0.1, -0.05) is 108 Å². The first-order chi connectivity index (χ1) is 13.3. The Morgan fingerprint density at radius 2 is 1.00 bits per heavy atom. The lowest BCUT2D eigenvalue weighted by Gasteiger charge is -2.02. The highest BCUT2D eigenvalue weighted by Crippen LogP contribution is 2.12. The molecule has 0 heterocycles. The van der Waals surface area contributed by atoms with Crippen LogP contribution >= 0.6 is 0 Å². The molecule has 0 aromatic rings. The number of carbonyl (C=O) groups is 1. The number of carboxylic acid groups (broad SMARTS) is 1. The monoisotopic (exact) mass is 378 g/mol. The van der Waals surface area contributed by atoms with Crippen LogP contribution in [0.4, 0.5) is 0 Å². The highest BCUT2D eigenvalue weighted by Gasteiger charge is 1.96. The van der Waals surface area contributed by atoms with E-state index < -0.39 is 5.97 Å². The van der Waals surface area contributed by atoms with Crippen LogP contribution in [0.15, 0.2) is 24.3 Å². The zero-order chi connectivity index (χ0) is 19.8. The van der Waals surface area contributed by atoms with Crippen molar-refractivity contribution in [1.82, 2.24) is 0 Å². The molecular formula is C25H46O2. The molecule has 0 aliphatic rings. The first-order valence-corrected chi connectivity index (χ1v) is 11.8. The van der Waals surface area contributed by atoms with Crippen molar-refractivity contribution >= 4 is 5.97 Å². The summed E-state index contributed by atoms with van der Waals surface area (Å²) < 4.78 is 0. The molecule has 0 unspecified atom stereocenters. The smallest absolute Gasteiger partial charge is 0.303 e. The number of carboxylic acids is 1. The molecule has 27 heavy (non-hydrogen) atoms. The van der Waals surface area contributed by atoms with Crippen molar-refractivity contribution in [1.29, 1.82) is 0 Å². The maximum atomic E-state index is 10.4. The number of hydrogen-bond donors (Lipinski definition) is 1. The van der Waals surface area contributed by atoms with E-state index in [9.17, 15) is 4.79 Å². The lowest BCUT2D eigenvalue weighted by Crippen LogP contribution is -1.93. The van der Waals surface area contributed by atoms with Gasteiger partial charge in [-0.15, -0.1) is 0 Å². The summed E-state index contributed by atoms with van der Waals surface area (Å²) in [6.45, 7) is 2.26. The molecule has 0 saturated heterocycles. The number of rotatable bonds is 21. The zero-order valence-corrected chi connectivity index (χ0v) is 18.1. The van der Waals surface area contributed by atoms with Crippen LogP contribution in [-0.2, 0) is 4.79 Å². The van der Waals surface area contributed by atoms with E-state index in [2.05, 4.69) is 31.2 Å². The highest BCUT2D eigenvalue weighted by atomic mass is 16.4. The summed E-state index contributed by atoms with van der Waals surface area (Å²) in [6.07, 6.45) is 32.6. The van der Waals surface area contributed by atoms with Gasteiger partial charge in [0.1, 0.15) is 0 Å². The van der Waals surface area contributed by atoms with Crippen LogP contribution in [-0.4, -0.2) is 11.1 Å². The summed E-state index contributed by atoms with van der Waals surface area (Å²) in [7, 11) is 0. The Balaban J connectivity index is 3.13. The number of allylic oxidation sites excluding steroid dienone is 4. The predicted molar refractivity (Wildman–Crippen MR) is 119 cm³/mol. The number of unbranched alkanes of at least 4 members (excludes halogenated alkanes) is 15. The molecule has 0 aromatic heterocycles. The van der Waals surface area contributed by atoms with Gasteiger partial charge in [-0.25, -0.2) is 0 Å². The Labute approximate surface area is 169 Å². The summed E-state index contributed by atoms with van der Waals surface area (Å²) in [5.41, 5.74) is 0. The van der Waals surface area contributed by atoms with Crippen molar-refractivity contribution in [2.24, 2.45) is 0 Å². The lowest BCUT2D eigenvalue weighted by atomic mass is 10.0. The fourth-order valence-electron chi connectivity index (χ4n) is 3.33. The molecule has 0 amide bonds. The Morgan fingerprint density at radius 1 is 0.593 bits per heavy atom. The van der Waals surface area contributed by atoms with E-state index in [1.54, 1.807) is 0 Å². The molecule has 0 aromatic carbocycles. The molecule has 0 aliphatic carbocycles. The van der Waals surface area contributed by atoms with Gasteiger partial charge in [-0.2, -0.15) is 0 Å². The van der Waals surface area contributed by atoms with Crippen molar-refractivity contribution in [2.45, 2.75) is 129 Å². The van der Waals surface area contributed by atoms with Crippen LogP contribution < -0.4 is 0 Å². The minimum absolute atomic E-state index is 0.338.